The van der Waals surface area contributed by atoms with E-state index >= 15 is 0 Å². The quantitative estimate of drug-likeness (QED) is 0.699. The zero-order chi connectivity index (χ0) is 20.4. The van der Waals surface area contributed by atoms with E-state index in [9.17, 15) is 22.8 Å². The van der Waals surface area contributed by atoms with Crippen LogP contribution < -0.4 is 11.2 Å². The van der Waals surface area contributed by atoms with Crippen molar-refractivity contribution >= 4 is 15.7 Å². The molecule has 146 valence electrons. The molecule has 0 bridgehead atoms. The molecule has 27 heavy (non-hydrogen) atoms. The first kappa shape index (κ1) is 20.6. The fourth-order valence-corrected chi connectivity index (χ4v) is 4.06. The first-order chi connectivity index (χ1) is 12.5. The van der Waals surface area contributed by atoms with Crippen LogP contribution in [0.3, 0.4) is 0 Å². The van der Waals surface area contributed by atoms with Crippen LogP contribution in [0.4, 0.5) is 0 Å². The van der Waals surface area contributed by atoms with Crippen LogP contribution >= 0.6 is 0 Å². The Labute approximate surface area is 157 Å². The highest BCUT2D eigenvalue weighted by atomic mass is 32.2. The van der Waals surface area contributed by atoms with Crippen molar-refractivity contribution in [2.24, 2.45) is 14.1 Å². The summed E-state index contributed by atoms with van der Waals surface area (Å²) in [4.78, 5) is 37.5. The monoisotopic (exact) mass is 393 g/mol. The number of aromatic nitrogens is 2. The molecule has 1 amide bonds. The largest absolute Gasteiger partial charge is 0.338 e. The number of benzene rings is 1. The van der Waals surface area contributed by atoms with Gasteiger partial charge in [0.25, 0.3) is 5.56 Å². The van der Waals surface area contributed by atoms with Gasteiger partial charge in [0, 0.05) is 32.9 Å². The van der Waals surface area contributed by atoms with Crippen LogP contribution in [0.2, 0.25) is 0 Å². The van der Waals surface area contributed by atoms with Crippen LogP contribution in [0.5, 0.6) is 0 Å². The average Bonchev–Trinajstić information content (AvgIpc) is 2.63. The van der Waals surface area contributed by atoms with E-state index in [1.54, 1.807) is 7.05 Å². The summed E-state index contributed by atoms with van der Waals surface area (Å²) in [5.74, 6) is -1.82. The number of carbonyl (C=O) groups is 1. The molecule has 0 aliphatic carbocycles. The molecule has 1 aromatic heterocycles. The molecule has 1 unspecified atom stereocenters. The highest BCUT2D eigenvalue weighted by molar-refractivity contribution is 7.91. The van der Waals surface area contributed by atoms with Crippen molar-refractivity contribution in [3.8, 4) is 0 Å². The molecule has 0 N–H and O–H groups in total. The van der Waals surface area contributed by atoms with Gasteiger partial charge < -0.3 is 4.90 Å². The zero-order valence-electron chi connectivity index (χ0n) is 15.7. The number of nitrogens with zero attached hydrogens (tertiary/aromatic N) is 3. The fourth-order valence-electron chi connectivity index (χ4n) is 2.65. The second kappa shape index (κ2) is 7.91. The molecule has 0 aliphatic heterocycles. The number of sulfone groups is 1. The van der Waals surface area contributed by atoms with Gasteiger partial charge in [-0.15, -0.1) is 0 Å². The maximum Gasteiger partial charge on any atom is 0.330 e. The van der Waals surface area contributed by atoms with Gasteiger partial charge in [-0.2, -0.15) is 0 Å². The molecule has 0 fully saturated rings. The third-order valence-corrected chi connectivity index (χ3v) is 6.02. The SMILES string of the molecule is CC(c1ccccc1)N(C)C(=O)CS(=O)(=O)Cc1cc(=O)n(C)c(=O)n1C. The Bertz CT molecular complexity index is 1050. The molecule has 0 radical (unpaired) electrons. The van der Waals surface area contributed by atoms with Crippen molar-refractivity contribution in [1.29, 1.82) is 0 Å². The van der Waals surface area contributed by atoms with E-state index in [0.29, 0.717) is 0 Å². The molecule has 1 aromatic carbocycles. The van der Waals surface area contributed by atoms with Crippen LogP contribution in [-0.2, 0) is 34.5 Å². The van der Waals surface area contributed by atoms with Crippen LogP contribution in [0.15, 0.2) is 46.0 Å². The van der Waals surface area contributed by atoms with E-state index in [0.717, 1.165) is 20.8 Å². The normalized spacial score (nSPS) is 12.6. The molecule has 0 aliphatic rings. The van der Waals surface area contributed by atoms with Crippen LogP contribution in [-0.4, -0.2) is 41.2 Å². The summed E-state index contributed by atoms with van der Waals surface area (Å²) < 4.78 is 26.9. The molecule has 1 atom stereocenters. The van der Waals surface area contributed by atoms with Crippen molar-refractivity contribution in [1.82, 2.24) is 14.0 Å². The molecule has 2 rings (SSSR count). The van der Waals surface area contributed by atoms with Crippen LogP contribution in [0.25, 0.3) is 0 Å². The van der Waals surface area contributed by atoms with Gasteiger partial charge >= 0.3 is 5.69 Å². The summed E-state index contributed by atoms with van der Waals surface area (Å²) in [6.07, 6.45) is 0. The summed E-state index contributed by atoms with van der Waals surface area (Å²) in [7, 11) is 0.381. The number of carbonyl (C=O) groups excluding carboxylic acids is 1. The Morgan fingerprint density at radius 1 is 1.11 bits per heavy atom. The third kappa shape index (κ3) is 4.73. The fraction of sp³-hybridized carbons (Fsp3) is 0.389. The Morgan fingerprint density at radius 2 is 1.70 bits per heavy atom. The second-order valence-electron chi connectivity index (χ2n) is 6.50. The van der Waals surface area contributed by atoms with E-state index in [-0.39, 0.29) is 11.7 Å². The van der Waals surface area contributed by atoms with Gasteiger partial charge in [0.1, 0.15) is 5.75 Å². The van der Waals surface area contributed by atoms with Gasteiger partial charge in [0.2, 0.25) is 5.91 Å². The maximum absolute atomic E-state index is 12.5. The standard InChI is InChI=1S/C18H23N3O5S/c1-13(14-8-6-5-7-9-14)19(2)17(23)12-27(25,26)11-15-10-16(22)21(4)18(24)20(15)3/h5-10,13H,11-12H2,1-4H3. The molecule has 8 nitrogen and oxygen atoms in total. The van der Waals surface area contributed by atoms with E-state index in [1.165, 1.54) is 19.0 Å². The molecule has 2 aromatic rings. The molecular weight excluding hydrogens is 370 g/mol. The average molecular weight is 393 g/mol. The minimum atomic E-state index is -3.86. The maximum atomic E-state index is 12.5. The minimum absolute atomic E-state index is 0.0506. The van der Waals surface area contributed by atoms with Gasteiger partial charge in [0.05, 0.1) is 11.8 Å². The lowest BCUT2D eigenvalue weighted by Crippen LogP contribution is -2.39. The van der Waals surface area contributed by atoms with E-state index < -0.39 is 38.5 Å². The van der Waals surface area contributed by atoms with E-state index in [2.05, 4.69) is 0 Å². The molecule has 0 spiro atoms. The van der Waals surface area contributed by atoms with Crippen molar-refractivity contribution in [2.75, 3.05) is 12.8 Å². The number of rotatable bonds is 6. The molecule has 0 saturated carbocycles. The van der Waals surface area contributed by atoms with Gasteiger partial charge in [-0.05, 0) is 12.5 Å². The van der Waals surface area contributed by atoms with E-state index in [1.807, 2.05) is 37.3 Å². The van der Waals surface area contributed by atoms with Crippen LogP contribution in [0.1, 0.15) is 24.2 Å². The van der Waals surface area contributed by atoms with Crippen molar-refractivity contribution < 1.29 is 13.2 Å². The Balaban J connectivity index is 2.18. The summed E-state index contributed by atoms with van der Waals surface area (Å²) in [6.45, 7) is 1.81. The van der Waals surface area contributed by atoms with Gasteiger partial charge in [-0.25, -0.2) is 13.2 Å². The van der Waals surface area contributed by atoms with Gasteiger partial charge in [-0.3, -0.25) is 18.7 Å². The number of hydrogen-bond acceptors (Lipinski definition) is 5. The smallest absolute Gasteiger partial charge is 0.330 e. The predicted octanol–water partition coefficient (Wildman–Crippen LogP) is 0.218. The minimum Gasteiger partial charge on any atom is -0.338 e. The lowest BCUT2D eigenvalue weighted by molar-refractivity contribution is -0.129. The Morgan fingerprint density at radius 3 is 2.30 bits per heavy atom. The van der Waals surface area contributed by atoms with Crippen molar-refractivity contribution in [3.05, 3.63) is 68.5 Å². The predicted molar refractivity (Wildman–Crippen MR) is 102 cm³/mol. The summed E-state index contributed by atoms with van der Waals surface area (Å²) >= 11 is 0. The first-order valence-corrected chi connectivity index (χ1v) is 10.1. The Kier molecular flexibility index (Phi) is 6.04. The highest BCUT2D eigenvalue weighted by Crippen LogP contribution is 2.18. The van der Waals surface area contributed by atoms with Crippen molar-refractivity contribution in [3.63, 3.8) is 0 Å². The lowest BCUT2D eigenvalue weighted by Gasteiger charge is -2.25. The van der Waals surface area contributed by atoms with E-state index in [4.69, 9.17) is 0 Å². The summed E-state index contributed by atoms with van der Waals surface area (Å²) in [5, 5.41) is 0. The van der Waals surface area contributed by atoms with Gasteiger partial charge in [-0.1, -0.05) is 30.3 Å². The molecule has 1 heterocycles. The zero-order valence-corrected chi connectivity index (χ0v) is 16.6. The summed E-state index contributed by atoms with van der Waals surface area (Å²) in [6, 6.07) is 10.1. The third-order valence-electron chi connectivity index (χ3n) is 4.59. The van der Waals surface area contributed by atoms with Crippen LogP contribution in [0, 0.1) is 0 Å². The lowest BCUT2D eigenvalue weighted by atomic mass is 10.1. The molecule has 9 heteroatoms. The highest BCUT2D eigenvalue weighted by Gasteiger charge is 2.25. The number of amides is 1. The van der Waals surface area contributed by atoms with Gasteiger partial charge in [0.15, 0.2) is 9.84 Å². The number of hydrogen-bond donors (Lipinski definition) is 0. The Hall–Kier alpha value is -2.68. The second-order valence-corrected chi connectivity index (χ2v) is 8.56. The topological polar surface area (TPSA) is 98.5 Å². The molecular formula is C18H23N3O5S. The first-order valence-electron chi connectivity index (χ1n) is 8.30. The molecule has 0 saturated heterocycles. The van der Waals surface area contributed by atoms with Crippen molar-refractivity contribution in [2.45, 2.75) is 18.7 Å². The summed E-state index contributed by atoms with van der Waals surface area (Å²) in [5.41, 5.74) is -0.271.